The van der Waals surface area contributed by atoms with Gasteiger partial charge in [0.25, 0.3) is 0 Å². The molecule has 0 bridgehead atoms. The second kappa shape index (κ2) is 7.67. The summed E-state index contributed by atoms with van der Waals surface area (Å²) in [5.41, 5.74) is 1.11. The van der Waals surface area contributed by atoms with E-state index in [1.165, 1.54) is 32.1 Å². The van der Waals surface area contributed by atoms with Crippen molar-refractivity contribution >= 4 is 23.5 Å². The Morgan fingerprint density at radius 2 is 2.20 bits per heavy atom. The third-order valence-corrected chi connectivity index (χ3v) is 5.47. The van der Waals surface area contributed by atoms with E-state index in [1.54, 1.807) is 6.20 Å². The van der Waals surface area contributed by atoms with Crippen LogP contribution in [-0.2, 0) is 4.79 Å². The Balaban J connectivity index is 1.91. The van der Waals surface area contributed by atoms with Gasteiger partial charge in [-0.2, -0.15) is 0 Å². The average Bonchev–Trinajstić information content (AvgIpc) is 2.45. The number of nitrogens with zero attached hydrogens (tertiary/aromatic N) is 1. The van der Waals surface area contributed by atoms with Gasteiger partial charge in [-0.3, -0.25) is 4.79 Å². The zero-order chi connectivity index (χ0) is 14.4. The van der Waals surface area contributed by atoms with Gasteiger partial charge in [0.05, 0.1) is 5.25 Å². The topological polar surface area (TPSA) is 42.0 Å². The molecule has 0 saturated heterocycles. The lowest BCUT2D eigenvalue weighted by atomic mass is 10.0. The second-order valence-corrected chi connectivity index (χ2v) is 7.01. The number of pyridine rings is 1. The van der Waals surface area contributed by atoms with E-state index < -0.39 is 0 Å². The van der Waals surface area contributed by atoms with Crippen LogP contribution in [0.3, 0.4) is 0 Å². The number of carbonyl (C=O) groups excluding carboxylic acids is 1. The van der Waals surface area contributed by atoms with Gasteiger partial charge in [0.1, 0.15) is 5.82 Å². The van der Waals surface area contributed by atoms with Crippen molar-refractivity contribution < 1.29 is 4.79 Å². The lowest BCUT2D eigenvalue weighted by Gasteiger charge is -2.25. The molecule has 0 aliphatic heterocycles. The molecule has 1 N–H and O–H groups in total. The molecule has 4 heteroatoms. The van der Waals surface area contributed by atoms with Crippen molar-refractivity contribution in [1.29, 1.82) is 0 Å². The molecule has 1 aromatic heterocycles. The maximum Gasteiger partial charge on any atom is 0.238 e. The smallest absolute Gasteiger partial charge is 0.238 e. The minimum Gasteiger partial charge on any atom is -0.310 e. The molecule has 3 nitrogen and oxygen atoms in total. The molecule has 1 unspecified atom stereocenters. The van der Waals surface area contributed by atoms with E-state index >= 15 is 0 Å². The monoisotopic (exact) mass is 292 g/mol. The van der Waals surface area contributed by atoms with Crippen LogP contribution in [0, 0.1) is 6.92 Å². The van der Waals surface area contributed by atoms with Crippen molar-refractivity contribution in [3.8, 4) is 0 Å². The standard InChI is InChI=1S/C16H24N2OS/c1-3-14(20-13-7-5-4-6-8-13)16(19)18-15-11-12(2)9-10-17-15/h9-11,13-14H,3-8H2,1-2H3,(H,17,18,19). The summed E-state index contributed by atoms with van der Waals surface area (Å²) in [7, 11) is 0. The molecule has 0 spiro atoms. The average molecular weight is 292 g/mol. The van der Waals surface area contributed by atoms with Gasteiger partial charge < -0.3 is 5.32 Å². The molecule has 2 rings (SSSR count). The number of amides is 1. The Hall–Kier alpha value is -1.03. The third-order valence-electron chi connectivity index (χ3n) is 3.74. The summed E-state index contributed by atoms with van der Waals surface area (Å²) in [4.78, 5) is 16.6. The van der Waals surface area contributed by atoms with Crippen LogP contribution in [0.2, 0.25) is 0 Å². The van der Waals surface area contributed by atoms with Gasteiger partial charge in [0, 0.05) is 11.4 Å². The SMILES string of the molecule is CCC(SC1CCCCC1)C(=O)Nc1cc(C)ccn1. The summed E-state index contributed by atoms with van der Waals surface area (Å²) in [6.45, 7) is 4.09. The van der Waals surface area contributed by atoms with E-state index in [0.29, 0.717) is 11.1 Å². The summed E-state index contributed by atoms with van der Waals surface area (Å²) in [6.07, 6.45) is 9.12. The molecule has 1 heterocycles. The number of rotatable bonds is 5. The fourth-order valence-electron chi connectivity index (χ4n) is 2.59. The Bertz CT molecular complexity index is 444. The zero-order valence-electron chi connectivity index (χ0n) is 12.4. The molecule has 0 aromatic carbocycles. The predicted octanol–water partition coefficient (Wildman–Crippen LogP) is 4.17. The first-order valence-electron chi connectivity index (χ1n) is 7.58. The minimum absolute atomic E-state index is 0.0420. The van der Waals surface area contributed by atoms with E-state index in [2.05, 4.69) is 17.2 Å². The molecule has 20 heavy (non-hydrogen) atoms. The van der Waals surface area contributed by atoms with Gasteiger partial charge in [-0.15, -0.1) is 11.8 Å². The number of nitrogens with one attached hydrogen (secondary N) is 1. The normalized spacial score (nSPS) is 17.7. The fourth-order valence-corrected chi connectivity index (χ4v) is 4.03. The summed E-state index contributed by atoms with van der Waals surface area (Å²) < 4.78 is 0. The third kappa shape index (κ3) is 4.51. The summed E-state index contributed by atoms with van der Waals surface area (Å²) in [5.74, 6) is 0.763. The molecule has 1 atom stereocenters. The Kier molecular flexibility index (Phi) is 5.89. The number of aromatic nitrogens is 1. The predicted molar refractivity (Wildman–Crippen MR) is 86.1 cm³/mol. The van der Waals surface area contributed by atoms with Crippen LogP contribution in [0.4, 0.5) is 5.82 Å². The molecule has 0 radical (unpaired) electrons. The molecule has 1 aliphatic rings. The summed E-state index contributed by atoms with van der Waals surface area (Å²) in [5, 5.41) is 3.65. The largest absolute Gasteiger partial charge is 0.310 e. The number of carbonyl (C=O) groups is 1. The molecule has 1 saturated carbocycles. The van der Waals surface area contributed by atoms with E-state index in [4.69, 9.17) is 0 Å². The van der Waals surface area contributed by atoms with Crippen molar-refractivity contribution in [1.82, 2.24) is 4.98 Å². The molecule has 110 valence electrons. The van der Waals surface area contributed by atoms with Gasteiger partial charge in [-0.1, -0.05) is 26.2 Å². The quantitative estimate of drug-likeness (QED) is 0.885. The maximum atomic E-state index is 12.4. The van der Waals surface area contributed by atoms with Crippen molar-refractivity contribution in [3.63, 3.8) is 0 Å². The van der Waals surface area contributed by atoms with E-state index in [0.717, 1.165) is 12.0 Å². The molecular formula is C16H24N2OS. The number of thioether (sulfide) groups is 1. The highest BCUT2D eigenvalue weighted by Crippen LogP contribution is 2.32. The minimum atomic E-state index is 0.0420. The number of anilines is 1. The van der Waals surface area contributed by atoms with Crippen LogP contribution in [0.1, 0.15) is 51.0 Å². The highest BCUT2D eigenvalue weighted by molar-refractivity contribution is 8.01. The first-order valence-corrected chi connectivity index (χ1v) is 8.52. The highest BCUT2D eigenvalue weighted by atomic mass is 32.2. The summed E-state index contributed by atoms with van der Waals surface area (Å²) >= 11 is 1.86. The van der Waals surface area contributed by atoms with Crippen LogP contribution in [0.5, 0.6) is 0 Å². The van der Waals surface area contributed by atoms with Gasteiger partial charge in [-0.25, -0.2) is 4.98 Å². The molecular weight excluding hydrogens is 268 g/mol. The Labute approximate surface area is 125 Å². The van der Waals surface area contributed by atoms with Crippen LogP contribution >= 0.6 is 11.8 Å². The van der Waals surface area contributed by atoms with Crippen LogP contribution in [-0.4, -0.2) is 21.4 Å². The highest BCUT2D eigenvalue weighted by Gasteiger charge is 2.23. The zero-order valence-corrected chi connectivity index (χ0v) is 13.2. The van der Waals surface area contributed by atoms with Gasteiger partial charge in [0.2, 0.25) is 5.91 Å². The van der Waals surface area contributed by atoms with E-state index in [9.17, 15) is 4.79 Å². The van der Waals surface area contributed by atoms with E-state index in [-0.39, 0.29) is 11.2 Å². The molecule has 1 aliphatic carbocycles. The first kappa shape index (κ1) is 15.4. The summed E-state index contributed by atoms with van der Waals surface area (Å²) in [6, 6.07) is 3.85. The van der Waals surface area contributed by atoms with Crippen LogP contribution in [0.25, 0.3) is 0 Å². The Morgan fingerprint density at radius 1 is 1.45 bits per heavy atom. The lowest BCUT2D eigenvalue weighted by molar-refractivity contribution is -0.115. The second-order valence-electron chi connectivity index (χ2n) is 5.50. The lowest BCUT2D eigenvalue weighted by Crippen LogP contribution is -2.27. The van der Waals surface area contributed by atoms with Crippen molar-refractivity contribution in [3.05, 3.63) is 23.9 Å². The number of hydrogen-bond donors (Lipinski definition) is 1. The van der Waals surface area contributed by atoms with E-state index in [1.807, 2.05) is 30.8 Å². The molecule has 1 fully saturated rings. The van der Waals surface area contributed by atoms with Crippen molar-refractivity contribution in [2.75, 3.05) is 5.32 Å². The van der Waals surface area contributed by atoms with Gasteiger partial charge >= 0.3 is 0 Å². The molecule has 1 aromatic rings. The molecule has 1 amide bonds. The van der Waals surface area contributed by atoms with Gasteiger partial charge in [0.15, 0.2) is 0 Å². The maximum absolute atomic E-state index is 12.4. The van der Waals surface area contributed by atoms with Crippen LogP contribution < -0.4 is 5.32 Å². The first-order chi connectivity index (χ1) is 9.69. The Morgan fingerprint density at radius 3 is 2.85 bits per heavy atom. The fraction of sp³-hybridized carbons (Fsp3) is 0.625. The number of hydrogen-bond acceptors (Lipinski definition) is 3. The van der Waals surface area contributed by atoms with Crippen molar-refractivity contribution in [2.24, 2.45) is 0 Å². The van der Waals surface area contributed by atoms with Crippen molar-refractivity contribution in [2.45, 2.75) is 62.9 Å². The van der Waals surface area contributed by atoms with Crippen LogP contribution in [0.15, 0.2) is 18.3 Å². The number of aryl methyl sites for hydroxylation is 1. The van der Waals surface area contributed by atoms with Gasteiger partial charge in [-0.05, 0) is 43.9 Å².